The summed E-state index contributed by atoms with van der Waals surface area (Å²) in [6, 6.07) is 0.0430. The molecule has 1 aliphatic rings. The third kappa shape index (κ3) is 3.42. The summed E-state index contributed by atoms with van der Waals surface area (Å²) < 4.78 is 25.3. The first-order chi connectivity index (χ1) is 6.52. The smallest absolute Gasteiger partial charge is 0.375 e. The van der Waals surface area contributed by atoms with Gasteiger partial charge in [0.25, 0.3) is 0 Å². The van der Waals surface area contributed by atoms with Gasteiger partial charge in [-0.25, -0.2) is 4.79 Å². The van der Waals surface area contributed by atoms with Crippen LogP contribution in [0.25, 0.3) is 0 Å². The number of aliphatic carboxylic acids is 1. The molecule has 0 radical (unpaired) electrons. The minimum absolute atomic E-state index is 0.0430. The molecule has 0 spiro atoms. The highest BCUT2D eigenvalue weighted by Crippen LogP contribution is 2.18. The Morgan fingerprint density at radius 1 is 1.50 bits per heavy atom. The lowest BCUT2D eigenvalue weighted by atomic mass is 10.1. The molecule has 0 bridgehead atoms. The number of carbonyl (C=O) groups is 1. The maximum absolute atomic E-state index is 12.6. The van der Waals surface area contributed by atoms with E-state index < -0.39 is 18.4 Å². The topological polar surface area (TPSA) is 49.3 Å². The van der Waals surface area contributed by atoms with Gasteiger partial charge in [0.1, 0.15) is 0 Å². The minimum atomic E-state index is -3.65. The van der Waals surface area contributed by atoms with Crippen LogP contribution in [-0.2, 0) is 4.79 Å². The van der Waals surface area contributed by atoms with Crippen LogP contribution < -0.4 is 5.32 Å². The maximum Gasteiger partial charge on any atom is 0.375 e. The van der Waals surface area contributed by atoms with Crippen molar-refractivity contribution in [2.45, 2.75) is 24.8 Å². The monoisotopic (exact) mass is 225 g/mol. The average molecular weight is 225 g/mol. The van der Waals surface area contributed by atoms with Crippen LogP contribution in [0.5, 0.6) is 0 Å². The van der Waals surface area contributed by atoms with Crippen molar-refractivity contribution in [1.29, 1.82) is 0 Å². The molecule has 0 atom stereocenters. The van der Waals surface area contributed by atoms with Gasteiger partial charge < -0.3 is 10.4 Å². The van der Waals surface area contributed by atoms with Gasteiger partial charge in [0.05, 0.1) is 6.54 Å². The lowest BCUT2D eigenvalue weighted by Gasteiger charge is -2.24. The molecule has 1 heterocycles. The van der Waals surface area contributed by atoms with Gasteiger partial charge in [0.15, 0.2) is 0 Å². The molecule has 6 heteroatoms. The highest BCUT2D eigenvalue weighted by atomic mass is 32.2. The summed E-state index contributed by atoms with van der Waals surface area (Å²) in [5, 5.41) is 10.8. The third-order valence-corrected chi connectivity index (χ3v) is 3.20. The molecule has 0 aromatic carbocycles. The van der Waals surface area contributed by atoms with E-state index >= 15 is 0 Å². The number of carboxylic acid groups (broad SMARTS) is 1. The van der Waals surface area contributed by atoms with Gasteiger partial charge in [-0.1, -0.05) is 0 Å². The number of rotatable bonds is 4. The Kier molecular flexibility index (Phi) is 4.12. The molecule has 0 unspecified atom stereocenters. The summed E-state index contributed by atoms with van der Waals surface area (Å²) in [4.78, 5) is 10.1. The molecule has 1 fully saturated rings. The Morgan fingerprint density at radius 2 is 2.07 bits per heavy atom. The number of halogens is 2. The lowest BCUT2D eigenvalue weighted by Crippen LogP contribution is -2.44. The standard InChI is InChI=1S/C8H13F2NO2S/c9-8(10,7(12)13)5-11-6-1-3-14-4-2-6/h6,11H,1-5H2,(H,12,13). The van der Waals surface area contributed by atoms with Crippen molar-refractivity contribution in [2.24, 2.45) is 0 Å². The predicted molar refractivity (Wildman–Crippen MR) is 50.9 cm³/mol. The van der Waals surface area contributed by atoms with Gasteiger partial charge in [-0.2, -0.15) is 20.5 Å². The van der Waals surface area contributed by atoms with Gasteiger partial charge in [-0.15, -0.1) is 0 Å². The zero-order valence-corrected chi connectivity index (χ0v) is 8.45. The number of hydrogen-bond acceptors (Lipinski definition) is 3. The number of nitrogens with one attached hydrogen (secondary N) is 1. The lowest BCUT2D eigenvalue weighted by molar-refractivity contribution is -0.164. The van der Waals surface area contributed by atoms with Crippen molar-refractivity contribution in [3.05, 3.63) is 0 Å². The minimum Gasteiger partial charge on any atom is -0.477 e. The summed E-state index contributed by atoms with van der Waals surface area (Å²) in [5.41, 5.74) is 0. The molecule has 0 saturated carbocycles. The van der Waals surface area contributed by atoms with Crippen molar-refractivity contribution in [1.82, 2.24) is 5.32 Å². The van der Waals surface area contributed by atoms with Crippen molar-refractivity contribution in [3.63, 3.8) is 0 Å². The van der Waals surface area contributed by atoms with Gasteiger partial charge in [0.2, 0.25) is 0 Å². The van der Waals surface area contributed by atoms with E-state index in [2.05, 4.69) is 5.32 Å². The van der Waals surface area contributed by atoms with Crippen LogP contribution in [0.15, 0.2) is 0 Å². The molecule has 82 valence electrons. The first-order valence-electron chi connectivity index (χ1n) is 4.45. The SMILES string of the molecule is O=C(O)C(F)(F)CNC1CCSCC1. The van der Waals surface area contributed by atoms with E-state index in [0.717, 1.165) is 24.3 Å². The molecule has 2 N–H and O–H groups in total. The molecule has 0 aliphatic carbocycles. The van der Waals surface area contributed by atoms with E-state index in [-0.39, 0.29) is 6.04 Å². The van der Waals surface area contributed by atoms with Crippen molar-refractivity contribution < 1.29 is 18.7 Å². The molecular formula is C8H13F2NO2S. The van der Waals surface area contributed by atoms with Crippen LogP contribution in [0.1, 0.15) is 12.8 Å². The molecule has 14 heavy (non-hydrogen) atoms. The molecule has 0 aromatic rings. The number of carboxylic acids is 1. The second-order valence-corrected chi connectivity index (χ2v) is 4.50. The normalized spacial score (nSPS) is 19.6. The number of alkyl halides is 2. The zero-order valence-electron chi connectivity index (χ0n) is 7.63. The van der Waals surface area contributed by atoms with Gasteiger partial charge >= 0.3 is 11.9 Å². The second kappa shape index (κ2) is 4.93. The zero-order chi connectivity index (χ0) is 10.6. The van der Waals surface area contributed by atoms with E-state index in [1.807, 2.05) is 0 Å². The van der Waals surface area contributed by atoms with Crippen molar-refractivity contribution >= 4 is 17.7 Å². The van der Waals surface area contributed by atoms with Crippen LogP contribution in [0, 0.1) is 0 Å². The van der Waals surface area contributed by atoms with Crippen LogP contribution in [0.2, 0.25) is 0 Å². The summed E-state index contributed by atoms with van der Waals surface area (Å²) in [6.45, 7) is -0.766. The van der Waals surface area contributed by atoms with Gasteiger partial charge in [-0.05, 0) is 24.3 Å². The van der Waals surface area contributed by atoms with Crippen LogP contribution >= 0.6 is 11.8 Å². The van der Waals surface area contributed by atoms with Crippen LogP contribution in [-0.4, -0.2) is 41.1 Å². The summed E-state index contributed by atoms with van der Waals surface area (Å²) in [6.07, 6.45) is 1.67. The van der Waals surface area contributed by atoms with Gasteiger partial charge in [-0.3, -0.25) is 0 Å². The van der Waals surface area contributed by atoms with E-state index in [0.29, 0.717) is 0 Å². The second-order valence-electron chi connectivity index (χ2n) is 3.28. The van der Waals surface area contributed by atoms with Gasteiger partial charge in [0, 0.05) is 6.04 Å². The molecule has 1 aliphatic heterocycles. The molecule has 3 nitrogen and oxygen atoms in total. The first-order valence-corrected chi connectivity index (χ1v) is 5.60. The largest absolute Gasteiger partial charge is 0.477 e. The fourth-order valence-corrected chi connectivity index (χ4v) is 2.36. The highest BCUT2D eigenvalue weighted by molar-refractivity contribution is 7.99. The summed E-state index contributed by atoms with van der Waals surface area (Å²) in [5.74, 6) is -3.80. The predicted octanol–water partition coefficient (Wildman–Crippen LogP) is 1.19. The van der Waals surface area contributed by atoms with Crippen LogP contribution in [0.3, 0.4) is 0 Å². The highest BCUT2D eigenvalue weighted by Gasteiger charge is 2.38. The van der Waals surface area contributed by atoms with E-state index in [1.165, 1.54) is 0 Å². The van der Waals surface area contributed by atoms with E-state index in [9.17, 15) is 13.6 Å². The van der Waals surface area contributed by atoms with Crippen molar-refractivity contribution in [3.8, 4) is 0 Å². The third-order valence-electron chi connectivity index (χ3n) is 2.15. The molecular weight excluding hydrogens is 212 g/mol. The average Bonchev–Trinajstić information content (AvgIpc) is 2.16. The van der Waals surface area contributed by atoms with E-state index in [1.54, 1.807) is 11.8 Å². The number of thioether (sulfide) groups is 1. The summed E-state index contributed by atoms with van der Waals surface area (Å²) >= 11 is 1.79. The molecule has 1 saturated heterocycles. The molecule has 1 rings (SSSR count). The first kappa shape index (κ1) is 11.7. The Balaban J connectivity index is 2.28. The van der Waals surface area contributed by atoms with Crippen molar-refractivity contribution in [2.75, 3.05) is 18.1 Å². The van der Waals surface area contributed by atoms with Crippen LogP contribution in [0.4, 0.5) is 8.78 Å². The molecule has 0 aromatic heterocycles. The number of hydrogen-bond donors (Lipinski definition) is 2. The fraction of sp³-hybridized carbons (Fsp3) is 0.875. The maximum atomic E-state index is 12.6. The Hall–Kier alpha value is -0.360. The Morgan fingerprint density at radius 3 is 2.57 bits per heavy atom. The molecule has 0 amide bonds. The Bertz CT molecular complexity index is 208. The van der Waals surface area contributed by atoms with E-state index in [4.69, 9.17) is 5.11 Å². The Labute approximate surface area is 85.2 Å². The quantitative estimate of drug-likeness (QED) is 0.754. The summed E-state index contributed by atoms with van der Waals surface area (Å²) in [7, 11) is 0. The fourth-order valence-electron chi connectivity index (χ4n) is 1.25.